The van der Waals surface area contributed by atoms with Crippen molar-refractivity contribution >= 4 is 22.6 Å². The van der Waals surface area contributed by atoms with Crippen molar-refractivity contribution in [3.05, 3.63) is 55.8 Å². The van der Waals surface area contributed by atoms with Gasteiger partial charge in [0, 0.05) is 28.5 Å². The van der Waals surface area contributed by atoms with Crippen LogP contribution in [0.1, 0.15) is 24.1 Å². The van der Waals surface area contributed by atoms with Crippen molar-refractivity contribution in [1.29, 1.82) is 0 Å². The Morgan fingerprint density at radius 3 is 2.74 bits per heavy atom. The highest BCUT2D eigenvalue weighted by Gasteiger charge is 2.18. The van der Waals surface area contributed by atoms with Gasteiger partial charge in [-0.1, -0.05) is 12.1 Å². The molecule has 0 bridgehead atoms. The summed E-state index contributed by atoms with van der Waals surface area (Å²) in [6.07, 6.45) is 1.67. The van der Waals surface area contributed by atoms with Crippen LogP contribution >= 0.6 is 22.6 Å². The highest BCUT2D eigenvalue weighted by molar-refractivity contribution is 14.1. The first-order valence-corrected chi connectivity index (χ1v) is 8.39. The van der Waals surface area contributed by atoms with E-state index >= 15 is 0 Å². The largest absolute Gasteiger partial charge is 0.502 e. The molecule has 3 N–H and O–H groups in total. The van der Waals surface area contributed by atoms with Gasteiger partial charge >= 0.3 is 0 Å². The maximum Gasteiger partial charge on any atom is 0.293 e. The van der Waals surface area contributed by atoms with E-state index in [0.29, 0.717) is 18.7 Å². The third-order valence-corrected chi connectivity index (χ3v) is 4.35. The van der Waals surface area contributed by atoms with E-state index < -0.39 is 12.2 Å². The Balaban J connectivity index is 2.23. The van der Waals surface area contributed by atoms with Gasteiger partial charge in [0.2, 0.25) is 5.75 Å². The number of hydrogen-bond acceptors (Lipinski definition) is 4. The first kappa shape index (κ1) is 17.9. The lowest BCUT2D eigenvalue weighted by Gasteiger charge is -2.20. The zero-order valence-corrected chi connectivity index (χ0v) is 14.9. The molecule has 0 spiro atoms. The number of aromatic amines is 1. The standard InChI is InChI=1S/C16H19FIN3O2/c1-10(7-17)19-8-12(11-2-4-13(18)5-3-11)6-14-15(22)16(23)21-9-20-14/h2-5,9-10,12,19,22H,6-8H2,1H3,(H,20,21,23)/t10-,12?/m0/s1. The van der Waals surface area contributed by atoms with Crippen LogP contribution in [-0.2, 0) is 6.42 Å². The van der Waals surface area contributed by atoms with Gasteiger partial charge < -0.3 is 15.4 Å². The van der Waals surface area contributed by atoms with Crippen LogP contribution in [0.2, 0.25) is 0 Å². The van der Waals surface area contributed by atoms with Crippen LogP contribution in [0.4, 0.5) is 4.39 Å². The highest BCUT2D eigenvalue weighted by atomic mass is 127. The second-order valence-corrected chi connectivity index (χ2v) is 6.69. The number of halogens is 2. The van der Waals surface area contributed by atoms with Gasteiger partial charge in [-0.15, -0.1) is 0 Å². The number of nitrogens with zero attached hydrogens (tertiary/aromatic N) is 1. The minimum Gasteiger partial charge on any atom is -0.502 e. The summed E-state index contributed by atoms with van der Waals surface area (Å²) in [4.78, 5) is 17.9. The summed E-state index contributed by atoms with van der Waals surface area (Å²) in [5.41, 5.74) is 0.832. The number of H-pyrrole nitrogens is 1. The number of rotatable bonds is 7. The Labute approximate surface area is 147 Å². The number of benzene rings is 1. The first-order valence-electron chi connectivity index (χ1n) is 7.31. The Morgan fingerprint density at radius 1 is 1.39 bits per heavy atom. The second kappa shape index (κ2) is 8.39. The normalized spacial score (nSPS) is 13.7. The van der Waals surface area contributed by atoms with E-state index in [-0.39, 0.29) is 17.7 Å². The summed E-state index contributed by atoms with van der Waals surface area (Å²) in [7, 11) is 0. The monoisotopic (exact) mass is 431 g/mol. The third kappa shape index (κ3) is 5.00. The van der Waals surface area contributed by atoms with E-state index in [1.165, 1.54) is 6.33 Å². The van der Waals surface area contributed by atoms with E-state index in [2.05, 4.69) is 37.9 Å². The number of hydrogen-bond donors (Lipinski definition) is 3. The van der Waals surface area contributed by atoms with Crippen molar-refractivity contribution in [3.8, 4) is 5.75 Å². The van der Waals surface area contributed by atoms with Crippen LogP contribution in [0.15, 0.2) is 35.4 Å². The van der Waals surface area contributed by atoms with Gasteiger partial charge in [0.25, 0.3) is 5.56 Å². The first-order chi connectivity index (χ1) is 11.0. The van der Waals surface area contributed by atoms with E-state index in [1.54, 1.807) is 6.92 Å². The lowest BCUT2D eigenvalue weighted by Crippen LogP contribution is -2.32. The second-order valence-electron chi connectivity index (χ2n) is 5.44. The molecule has 2 aromatic rings. The molecule has 7 heteroatoms. The molecule has 2 atom stereocenters. The summed E-state index contributed by atoms with van der Waals surface area (Å²) in [5.74, 6) is -0.386. The van der Waals surface area contributed by atoms with Crippen LogP contribution in [0.3, 0.4) is 0 Å². The molecular formula is C16H19FIN3O2. The summed E-state index contributed by atoms with van der Waals surface area (Å²) in [6, 6.07) is 7.73. The number of nitrogens with one attached hydrogen (secondary N) is 2. The maximum atomic E-state index is 12.7. The molecule has 1 heterocycles. The quantitative estimate of drug-likeness (QED) is 0.589. The fourth-order valence-corrected chi connectivity index (χ4v) is 2.61. The zero-order chi connectivity index (χ0) is 16.8. The van der Waals surface area contributed by atoms with Gasteiger partial charge in [-0.2, -0.15) is 0 Å². The molecular weight excluding hydrogens is 412 g/mol. The van der Waals surface area contributed by atoms with E-state index in [9.17, 15) is 14.3 Å². The lowest BCUT2D eigenvalue weighted by atomic mass is 9.93. The smallest absolute Gasteiger partial charge is 0.293 e. The molecule has 0 fully saturated rings. The molecule has 0 aliphatic heterocycles. The van der Waals surface area contributed by atoms with Crippen molar-refractivity contribution in [2.75, 3.05) is 13.2 Å². The fraction of sp³-hybridized carbons (Fsp3) is 0.375. The molecule has 1 unspecified atom stereocenters. The SMILES string of the molecule is C[C@@H](CF)NCC(Cc1nc[nH]c(=O)c1O)c1ccc(I)cc1. The molecule has 124 valence electrons. The molecule has 23 heavy (non-hydrogen) atoms. The van der Waals surface area contributed by atoms with Crippen LogP contribution in [-0.4, -0.2) is 34.3 Å². The number of aromatic nitrogens is 2. The summed E-state index contributed by atoms with van der Waals surface area (Å²) in [5, 5.41) is 13.0. The van der Waals surface area contributed by atoms with Crippen molar-refractivity contribution in [1.82, 2.24) is 15.3 Å². The topological polar surface area (TPSA) is 78.0 Å². The number of alkyl halides is 1. The minimum atomic E-state index is -0.554. The van der Waals surface area contributed by atoms with E-state index in [0.717, 1.165) is 9.13 Å². The van der Waals surface area contributed by atoms with Gasteiger partial charge in [-0.25, -0.2) is 9.37 Å². The Hall–Kier alpha value is -1.48. The summed E-state index contributed by atoms with van der Waals surface area (Å²) in [6.45, 7) is 1.85. The molecule has 2 rings (SSSR count). The van der Waals surface area contributed by atoms with Crippen LogP contribution in [0.5, 0.6) is 5.75 Å². The molecule has 1 aromatic heterocycles. The zero-order valence-electron chi connectivity index (χ0n) is 12.7. The van der Waals surface area contributed by atoms with Gasteiger partial charge in [0.15, 0.2) is 0 Å². The molecule has 1 aromatic carbocycles. The molecule has 0 aliphatic rings. The average Bonchev–Trinajstić information content (AvgIpc) is 2.55. The van der Waals surface area contributed by atoms with E-state index in [4.69, 9.17) is 0 Å². The van der Waals surface area contributed by atoms with Crippen molar-refractivity contribution in [2.45, 2.75) is 25.3 Å². The van der Waals surface area contributed by atoms with Gasteiger partial charge in [0.05, 0.1) is 12.0 Å². The highest BCUT2D eigenvalue weighted by Crippen LogP contribution is 2.23. The fourth-order valence-electron chi connectivity index (χ4n) is 2.25. The molecule has 0 saturated heterocycles. The van der Waals surface area contributed by atoms with Gasteiger partial charge in [0.1, 0.15) is 6.67 Å². The van der Waals surface area contributed by atoms with Gasteiger partial charge in [-0.05, 0) is 47.2 Å². The maximum absolute atomic E-state index is 12.7. The average molecular weight is 431 g/mol. The molecule has 0 radical (unpaired) electrons. The molecule has 5 nitrogen and oxygen atoms in total. The van der Waals surface area contributed by atoms with E-state index in [1.807, 2.05) is 24.3 Å². The third-order valence-electron chi connectivity index (χ3n) is 3.63. The van der Waals surface area contributed by atoms with Gasteiger partial charge in [-0.3, -0.25) is 4.79 Å². The van der Waals surface area contributed by atoms with Crippen molar-refractivity contribution < 1.29 is 9.50 Å². The van der Waals surface area contributed by atoms with Crippen LogP contribution in [0, 0.1) is 3.57 Å². The Kier molecular flexibility index (Phi) is 6.52. The molecule has 0 saturated carbocycles. The Morgan fingerprint density at radius 2 is 2.09 bits per heavy atom. The molecule has 0 aliphatic carbocycles. The van der Waals surface area contributed by atoms with Crippen LogP contribution in [0.25, 0.3) is 0 Å². The summed E-state index contributed by atoms with van der Waals surface area (Å²) < 4.78 is 13.8. The lowest BCUT2D eigenvalue weighted by molar-refractivity contribution is 0.381. The predicted molar refractivity (Wildman–Crippen MR) is 95.6 cm³/mol. The van der Waals surface area contributed by atoms with Crippen molar-refractivity contribution in [3.63, 3.8) is 0 Å². The van der Waals surface area contributed by atoms with Crippen molar-refractivity contribution in [2.24, 2.45) is 0 Å². The van der Waals surface area contributed by atoms with Crippen LogP contribution < -0.4 is 10.9 Å². The summed E-state index contributed by atoms with van der Waals surface area (Å²) >= 11 is 2.23. The predicted octanol–water partition coefficient (Wildman–Crippen LogP) is 2.35. The Bertz CT molecular complexity index is 690. The minimum absolute atomic E-state index is 0.0267. The molecule has 0 amide bonds. The number of aromatic hydroxyl groups is 1.